The number of fused-ring (bicyclic) bond motifs is 1. The fourth-order valence-electron chi connectivity index (χ4n) is 5.91. The first kappa shape index (κ1) is 19.5. The third-order valence-electron chi connectivity index (χ3n) is 7.14. The van der Waals surface area contributed by atoms with Gasteiger partial charge >= 0.3 is 0 Å². The Morgan fingerprint density at radius 1 is 1.17 bits per heavy atom. The van der Waals surface area contributed by atoms with Gasteiger partial charge in [0.15, 0.2) is 0 Å². The number of nitrogens with zero attached hydrogens (tertiary/aromatic N) is 3. The molecule has 7 nitrogen and oxygen atoms in total. The number of carbonyl (C=O) groups excluding carboxylic acids is 1. The summed E-state index contributed by atoms with van der Waals surface area (Å²) in [6.45, 7) is 9.68. The first-order chi connectivity index (χ1) is 14.4. The molecule has 0 spiro atoms. The summed E-state index contributed by atoms with van der Waals surface area (Å²) >= 11 is 0. The van der Waals surface area contributed by atoms with Crippen molar-refractivity contribution >= 4 is 5.91 Å². The quantitative estimate of drug-likeness (QED) is 0.776. The molecule has 0 radical (unpaired) electrons. The molecule has 0 saturated carbocycles. The second kappa shape index (κ2) is 7.32. The zero-order chi connectivity index (χ0) is 20.9. The van der Waals surface area contributed by atoms with Crippen molar-refractivity contribution in [2.45, 2.75) is 31.7 Å². The molecular formula is C23H29N5O2. The van der Waals surface area contributed by atoms with Crippen molar-refractivity contribution in [3.05, 3.63) is 63.3 Å². The highest BCUT2D eigenvalue weighted by Gasteiger charge is 2.55. The third-order valence-corrected chi connectivity index (χ3v) is 7.14. The number of amides is 1. The van der Waals surface area contributed by atoms with Crippen molar-refractivity contribution < 1.29 is 4.79 Å². The summed E-state index contributed by atoms with van der Waals surface area (Å²) in [5.74, 6) is 0.866. The molecule has 4 aliphatic heterocycles. The largest absolute Gasteiger partial charge is 0.352 e. The molecule has 3 atom stereocenters. The van der Waals surface area contributed by atoms with E-state index in [0.717, 1.165) is 39.3 Å². The summed E-state index contributed by atoms with van der Waals surface area (Å²) in [4.78, 5) is 37.7. The number of nitrogens with one attached hydrogen (secondary N) is 2. The molecule has 158 valence electrons. The number of carbonyl (C=O) groups is 1. The Balaban J connectivity index is 1.46. The molecule has 6 rings (SSSR count). The molecule has 4 bridgehead atoms. The van der Waals surface area contributed by atoms with E-state index in [1.165, 1.54) is 5.56 Å². The van der Waals surface area contributed by atoms with Gasteiger partial charge in [-0.3, -0.25) is 9.59 Å². The van der Waals surface area contributed by atoms with Crippen molar-refractivity contribution in [2.75, 3.05) is 39.3 Å². The molecule has 4 fully saturated rings. The maximum atomic E-state index is 13.1. The second-order valence-electron chi connectivity index (χ2n) is 9.19. The number of benzene rings is 1. The fraction of sp³-hybridized carbons (Fsp3) is 0.522. The van der Waals surface area contributed by atoms with Crippen LogP contribution in [-0.4, -0.2) is 71.0 Å². The van der Waals surface area contributed by atoms with Crippen LogP contribution in [0.2, 0.25) is 0 Å². The monoisotopic (exact) mass is 407 g/mol. The smallest absolute Gasteiger partial charge is 0.254 e. The fourth-order valence-corrected chi connectivity index (χ4v) is 5.91. The number of hydrogen-bond acceptors (Lipinski definition) is 5. The standard InChI is InChI=1S/C23H29N5O2/c1-15-19(22(30)25-16(2)24-15)10-20(29)26-21-17-11-27-8-9-28(12-17)14-23(21,13-27)18-6-4-3-5-7-18/h3-7,17,21H,8-14H2,1-2H3,(H,26,29)(H,24,25,30). The van der Waals surface area contributed by atoms with Crippen LogP contribution in [0.4, 0.5) is 0 Å². The first-order valence-corrected chi connectivity index (χ1v) is 10.8. The van der Waals surface area contributed by atoms with Gasteiger partial charge in [0.25, 0.3) is 5.56 Å². The number of aryl methyl sites for hydroxylation is 2. The predicted octanol–water partition coefficient (Wildman–Crippen LogP) is 0.613. The average molecular weight is 408 g/mol. The van der Waals surface area contributed by atoms with Crippen LogP contribution in [0.1, 0.15) is 22.6 Å². The summed E-state index contributed by atoms with van der Waals surface area (Å²) in [6, 6.07) is 10.7. The summed E-state index contributed by atoms with van der Waals surface area (Å²) in [7, 11) is 0. The molecule has 4 saturated heterocycles. The number of H-pyrrole nitrogens is 1. The van der Waals surface area contributed by atoms with E-state index in [-0.39, 0.29) is 29.3 Å². The normalized spacial score (nSPS) is 32.1. The molecule has 0 aliphatic carbocycles. The maximum Gasteiger partial charge on any atom is 0.254 e. The summed E-state index contributed by atoms with van der Waals surface area (Å²) in [5.41, 5.74) is 2.04. The van der Waals surface area contributed by atoms with Crippen LogP contribution in [0.15, 0.2) is 35.1 Å². The summed E-state index contributed by atoms with van der Waals surface area (Å²) in [6.07, 6.45) is 0.0654. The first-order valence-electron chi connectivity index (χ1n) is 10.8. The molecule has 1 aromatic heterocycles. The maximum absolute atomic E-state index is 13.1. The Labute approximate surface area is 176 Å². The van der Waals surface area contributed by atoms with Crippen molar-refractivity contribution in [1.29, 1.82) is 0 Å². The summed E-state index contributed by atoms with van der Waals surface area (Å²) in [5, 5.41) is 3.37. The Bertz CT molecular complexity index is 1000. The van der Waals surface area contributed by atoms with Crippen molar-refractivity contribution in [2.24, 2.45) is 5.92 Å². The Morgan fingerprint density at radius 2 is 1.83 bits per heavy atom. The highest BCUT2D eigenvalue weighted by Crippen LogP contribution is 2.43. The van der Waals surface area contributed by atoms with E-state index < -0.39 is 0 Å². The molecule has 30 heavy (non-hydrogen) atoms. The van der Waals surface area contributed by atoms with Crippen molar-refractivity contribution in [3.63, 3.8) is 0 Å². The van der Waals surface area contributed by atoms with Crippen LogP contribution < -0.4 is 10.9 Å². The van der Waals surface area contributed by atoms with Crippen LogP contribution in [0, 0.1) is 19.8 Å². The van der Waals surface area contributed by atoms with Crippen LogP contribution >= 0.6 is 0 Å². The predicted molar refractivity (Wildman–Crippen MR) is 114 cm³/mol. The van der Waals surface area contributed by atoms with Crippen LogP contribution in [0.3, 0.4) is 0 Å². The molecule has 7 heteroatoms. The van der Waals surface area contributed by atoms with Gasteiger partial charge in [-0.1, -0.05) is 30.3 Å². The average Bonchev–Trinajstić information content (AvgIpc) is 2.96. The van der Waals surface area contributed by atoms with E-state index in [4.69, 9.17) is 0 Å². The zero-order valence-electron chi connectivity index (χ0n) is 17.6. The van der Waals surface area contributed by atoms with Gasteiger partial charge in [-0.05, 0) is 19.4 Å². The van der Waals surface area contributed by atoms with Gasteiger partial charge in [0.05, 0.1) is 6.42 Å². The van der Waals surface area contributed by atoms with Gasteiger partial charge in [0, 0.05) is 67.9 Å². The molecule has 2 aromatic rings. The lowest BCUT2D eigenvalue weighted by Crippen LogP contribution is -2.70. The van der Waals surface area contributed by atoms with Gasteiger partial charge < -0.3 is 20.1 Å². The Kier molecular flexibility index (Phi) is 4.75. The number of rotatable bonds is 4. The lowest BCUT2D eigenvalue weighted by molar-refractivity contribution is -0.123. The summed E-state index contributed by atoms with van der Waals surface area (Å²) < 4.78 is 0. The van der Waals surface area contributed by atoms with Gasteiger partial charge in [0.2, 0.25) is 5.91 Å². The minimum Gasteiger partial charge on any atom is -0.352 e. The Hall–Kier alpha value is -2.51. The zero-order valence-corrected chi connectivity index (χ0v) is 17.6. The van der Waals surface area contributed by atoms with Crippen molar-refractivity contribution in [1.82, 2.24) is 25.1 Å². The molecular weight excluding hydrogens is 378 g/mol. The van der Waals surface area contributed by atoms with Crippen LogP contribution in [0.5, 0.6) is 0 Å². The van der Waals surface area contributed by atoms with Crippen LogP contribution in [-0.2, 0) is 16.6 Å². The molecule has 4 aliphatic rings. The number of aromatic amines is 1. The number of aromatic nitrogens is 2. The van der Waals surface area contributed by atoms with E-state index >= 15 is 0 Å². The lowest BCUT2D eigenvalue weighted by atomic mass is 9.64. The van der Waals surface area contributed by atoms with E-state index in [9.17, 15) is 9.59 Å². The highest BCUT2D eigenvalue weighted by molar-refractivity contribution is 5.79. The second-order valence-corrected chi connectivity index (χ2v) is 9.19. The van der Waals surface area contributed by atoms with Gasteiger partial charge in [-0.15, -0.1) is 0 Å². The van der Waals surface area contributed by atoms with Gasteiger partial charge in [-0.2, -0.15) is 0 Å². The van der Waals surface area contributed by atoms with Gasteiger partial charge in [-0.25, -0.2) is 4.98 Å². The minimum atomic E-state index is -0.216. The van der Waals surface area contributed by atoms with E-state index in [0.29, 0.717) is 23.0 Å². The number of hydrogen-bond donors (Lipinski definition) is 2. The van der Waals surface area contributed by atoms with Gasteiger partial charge in [0.1, 0.15) is 5.82 Å². The minimum absolute atomic E-state index is 0.0654. The number of piperidine rings is 2. The topological polar surface area (TPSA) is 81.3 Å². The molecule has 3 unspecified atom stereocenters. The van der Waals surface area contributed by atoms with Crippen molar-refractivity contribution in [3.8, 4) is 0 Å². The van der Waals surface area contributed by atoms with Crippen LogP contribution in [0.25, 0.3) is 0 Å². The molecule has 1 aromatic carbocycles. The molecule has 5 heterocycles. The molecule has 1 amide bonds. The third kappa shape index (κ3) is 3.26. The molecule has 2 N–H and O–H groups in total. The van der Waals surface area contributed by atoms with E-state index in [2.05, 4.69) is 49.4 Å². The highest BCUT2D eigenvalue weighted by atomic mass is 16.2. The Morgan fingerprint density at radius 3 is 2.47 bits per heavy atom. The lowest BCUT2D eigenvalue weighted by Gasteiger charge is -2.55. The SMILES string of the molecule is Cc1nc(C)c(CC(=O)NC2C3CN4CCN(C3)CC2(c2ccccc2)C4)c(=O)[nH]1. The van der Waals surface area contributed by atoms with E-state index in [1.54, 1.807) is 13.8 Å². The van der Waals surface area contributed by atoms with E-state index in [1.807, 2.05) is 6.07 Å².